The Labute approximate surface area is 158 Å². The van der Waals surface area contributed by atoms with Crippen LogP contribution in [0.1, 0.15) is 45.4 Å². The Morgan fingerprint density at radius 1 is 1.17 bits per heavy atom. The van der Waals surface area contributed by atoms with Gasteiger partial charge in [-0.05, 0) is 51.4 Å². The van der Waals surface area contributed by atoms with Crippen LogP contribution in [-0.4, -0.2) is 63.5 Å². The van der Waals surface area contributed by atoms with Gasteiger partial charge in [-0.15, -0.1) is 24.0 Å². The van der Waals surface area contributed by atoms with Gasteiger partial charge in [-0.3, -0.25) is 4.99 Å². The summed E-state index contributed by atoms with van der Waals surface area (Å²) in [5.41, 5.74) is 0. The molecule has 1 atom stereocenters. The molecule has 2 fully saturated rings. The lowest BCUT2D eigenvalue weighted by Gasteiger charge is -2.27. The molecular formula is C17H34IN3O2. The van der Waals surface area contributed by atoms with Crippen molar-refractivity contribution >= 4 is 29.9 Å². The van der Waals surface area contributed by atoms with E-state index in [0.29, 0.717) is 6.10 Å². The van der Waals surface area contributed by atoms with Gasteiger partial charge in [0.15, 0.2) is 5.96 Å². The van der Waals surface area contributed by atoms with E-state index in [1.54, 1.807) is 0 Å². The van der Waals surface area contributed by atoms with Gasteiger partial charge in [-0.25, -0.2) is 0 Å². The largest absolute Gasteiger partial charge is 0.381 e. The Morgan fingerprint density at radius 3 is 2.61 bits per heavy atom. The average Bonchev–Trinajstić information content (AvgIpc) is 3.06. The van der Waals surface area contributed by atoms with Gasteiger partial charge in [-0.1, -0.05) is 0 Å². The molecule has 0 aliphatic carbocycles. The molecule has 2 saturated heterocycles. The van der Waals surface area contributed by atoms with Gasteiger partial charge >= 0.3 is 0 Å². The maximum absolute atomic E-state index is 5.67. The van der Waals surface area contributed by atoms with Crippen LogP contribution in [-0.2, 0) is 9.47 Å². The Morgan fingerprint density at radius 2 is 1.96 bits per heavy atom. The molecule has 0 spiro atoms. The van der Waals surface area contributed by atoms with Crippen molar-refractivity contribution in [1.29, 1.82) is 0 Å². The van der Waals surface area contributed by atoms with Crippen molar-refractivity contribution in [3.63, 3.8) is 0 Å². The van der Waals surface area contributed by atoms with E-state index >= 15 is 0 Å². The zero-order chi connectivity index (χ0) is 15.6. The van der Waals surface area contributed by atoms with Gasteiger partial charge in [0.2, 0.25) is 0 Å². The lowest BCUT2D eigenvalue weighted by atomic mass is 9.96. The molecule has 0 aromatic rings. The van der Waals surface area contributed by atoms with Gasteiger partial charge in [0.25, 0.3) is 0 Å². The van der Waals surface area contributed by atoms with Crippen LogP contribution >= 0.6 is 24.0 Å². The second-order valence-electron chi connectivity index (χ2n) is 6.43. The zero-order valence-corrected chi connectivity index (χ0v) is 17.1. The second-order valence-corrected chi connectivity index (χ2v) is 6.43. The van der Waals surface area contributed by atoms with E-state index in [2.05, 4.69) is 24.2 Å². The van der Waals surface area contributed by atoms with Crippen molar-refractivity contribution in [2.75, 3.05) is 46.5 Å². The van der Waals surface area contributed by atoms with E-state index in [0.717, 1.165) is 57.8 Å². The highest BCUT2D eigenvalue weighted by atomic mass is 127. The summed E-state index contributed by atoms with van der Waals surface area (Å²) in [6.45, 7) is 7.76. The summed E-state index contributed by atoms with van der Waals surface area (Å²) in [5, 5.41) is 3.41. The van der Waals surface area contributed by atoms with E-state index in [4.69, 9.17) is 14.5 Å². The molecule has 0 aromatic carbocycles. The van der Waals surface area contributed by atoms with Gasteiger partial charge in [-0.2, -0.15) is 0 Å². The predicted molar refractivity (Wildman–Crippen MR) is 106 cm³/mol. The molecule has 2 aliphatic heterocycles. The molecule has 2 rings (SSSR count). The van der Waals surface area contributed by atoms with E-state index in [1.807, 2.05) is 0 Å². The first-order valence-corrected chi connectivity index (χ1v) is 8.98. The Kier molecular flexibility index (Phi) is 11.2. The Bertz CT molecular complexity index is 330. The topological polar surface area (TPSA) is 46.1 Å². The summed E-state index contributed by atoms with van der Waals surface area (Å²) < 4.78 is 11.1. The third kappa shape index (κ3) is 8.03. The predicted octanol–water partition coefficient (Wildman–Crippen LogP) is 2.89. The Balaban J connectivity index is 0.00000264. The van der Waals surface area contributed by atoms with Crippen LogP contribution in [0.15, 0.2) is 4.99 Å². The molecule has 0 saturated carbocycles. The van der Waals surface area contributed by atoms with Gasteiger partial charge in [0.1, 0.15) is 0 Å². The van der Waals surface area contributed by atoms with E-state index < -0.39 is 0 Å². The summed E-state index contributed by atoms with van der Waals surface area (Å²) >= 11 is 0. The minimum Gasteiger partial charge on any atom is -0.381 e. The number of aliphatic imine (C=N–C) groups is 1. The maximum atomic E-state index is 5.67. The molecule has 6 heteroatoms. The zero-order valence-electron chi connectivity index (χ0n) is 14.8. The molecule has 0 radical (unpaired) electrons. The van der Waals surface area contributed by atoms with Crippen LogP contribution in [0.5, 0.6) is 0 Å². The van der Waals surface area contributed by atoms with Crippen LogP contribution in [0, 0.1) is 5.92 Å². The SMILES string of the molecule is CCNC(=NCCC1CCCO1)N(C)CCC1CCOCC1.I. The number of nitrogens with one attached hydrogen (secondary N) is 1. The molecule has 136 valence electrons. The maximum Gasteiger partial charge on any atom is 0.193 e. The third-order valence-corrected chi connectivity index (χ3v) is 4.65. The van der Waals surface area contributed by atoms with E-state index in [9.17, 15) is 0 Å². The van der Waals surface area contributed by atoms with Crippen molar-refractivity contribution in [3.05, 3.63) is 0 Å². The molecule has 2 heterocycles. The first kappa shape index (κ1) is 21.0. The van der Waals surface area contributed by atoms with Gasteiger partial charge in [0, 0.05) is 46.5 Å². The molecule has 1 N–H and O–H groups in total. The lowest BCUT2D eigenvalue weighted by molar-refractivity contribution is 0.0625. The fourth-order valence-corrected chi connectivity index (χ4v) is 3.17. The van der Waals surface area contributed by atoms with Crippen LogP contribution in [0.25, 0.3) is 0 Å². The number of nitrogens with zero attached hydrogens (tertiary/aromatic N) is 2. The normalized spacial score (nSPS) is 22.7. The van der Waals surface area contributed by atoms with Crippen molar-refractivity contribution < 1.29 is 9.47 Å². The molecule has 2 aliphatic rings. The summed E-state index contributed by atoms with van der Waals surface area (Å²) in [4.78, 5) is 7.04. The number of hydrogen-bond donors (Lipinski definition) is 1. The molecule has 0 bridgehead atoms. The molecule has 23 heavy (non-hydrogen) atoms. The van der Waals surface area contributed by atoms with Crippen molar-refractivity contribution in [1.82, 2.24) is 10.2 Å². The summed E-state index contributed by atoms with van der Waals surface area (Å²) in [7, 11) is 2.15. The third-order valence-electron chi connectivity index (χ3n) is 4.65. The van der Waals surface area contributed by atoms with Crippen LogP contribution in [0.4, 0.5) is 0 Å². The summed E-state index contributed by atoms with van der Waals surface area (Å²) in [6.07, 6.45) is 7.53. The fraction of sp³-hybridized carbons (Fsp3) is 0.941. The highest BCUT2D eigenvalue weighted by Crippen LogP contribution is 2.18. The van der Waals surface area contributed by atoms with E-state index in [-0.39, 0.29) is 24.0 Å². The molecule has 0 aromatic heterocycles. The van der Waals surface area contributed by atoms with Crippen molar-refractivity contribution in [3.8, 4) is 0 Å². The van der Waals surface area contributed by atoms with Crippen LogP contribution in [0.2, 0.25) is 0 Å². The van der Waals surface area contributed by atoms with E-state index in [1.165, 1.54) is 32.1 Å². The first-order valence-electron chi connectivity index (χ1n) is 8.98. The number of halogens is 1. The Hall–Kier alpha value is -0.0800. The molecule has 0 amide bonds. The fourth-order valence-electron chi connectivity index (χ4n) is 3.17. The minimum atomic E-state index is 0. The standard InChI is InChI=1S/C17H33N3O2.HI/c1-3-18-17(19-10-6-16-5-4-12-22-16)20(2)11-7-15-8-13-21-14-9-15;/h15-16H,3-14H2,1-2H3,(H,18,19);1H. The number of rotatable bonds is 7. The molecule has 1 unspecified atom stereocenters. The summed E-state index contributed by atoms with van der Waals surface area (Å²) in [6, 6.07) is 0. The smallest absolute Gasteiger partial charge is 0.193 e. The highest BCUT2D eigenvalue weighted by Gasteiger charge is 2.16. The quantitative estimate of drug-likeness (QED) is 0.377. The molecular weight excluding hydrogens is 405 g/mol. The van der Waals surface area contributed by atoms with Crippen molar-refractivity contribution in [2.24, 2.45) is 10.9 Å². The minimum absolute atomic E-state index is 0. The van der Waals surface area contributed by atoms with Crippen molar-refractivity contribution in [2.45, 2.75) is 51.6 Å². The number of guanidine groups is 1. The number of hydrogen-bond acceptors (Lipinski definition) is 3. The average molecular weight is 439 g/mol. The summed E-state index contributed by atoms with van der Waals surface area (Å²) in [5.74, 6) is 1.85. The van der Waals surface area contributed by atoms with Crippen LogP contribution in [0.3, 0.4) is 0 Å². The first-order chi connectivity index (χ1) is 10.8. The van der Waals surface area contributed by atoms with Gasteiger partial charge in [0.05, 0.1) is 6.10 Å². The lowest BCUT2D eigenvalue weighted by Crippen LogP contribution is -2.40. The van der Waals surface area contributed by atoms with Gasteiger partial charge < -0.3 is 19.7 Å². The second kappa shape index (κ2) is 12.3. The monoisotopic (exact) mass is 439 g/mol. The molecule has 5 nitrogen and oxygen atoms in total. The van der Waals surface area contributed by atoms with Crippen LogP contribution < -0.4 is 5.32 Å². The number of ether oxygens (including phenoxy) is 2. The highest BCUT2D eigenvalue weighted by molar-refractivity contribution is 14.0.